The van der Waals surface area contributed by atoms with Crippen molar-refractivity contribution in [3.05, 3.63) is 20.4 Å². The number of anilines is 2. The summed E-state index contributed by atoms with van der Waals surface area (Å²) in [5, 5.41) is 12.9. The van der Waals surface area contributed by atoms with Crippen molar-refractivity contribution in [3.63, 3.8) is 0 Å². The summed E-state index contributed by atoms with van der Waals surface area (Å²) < 4.78 is 5.78. The van der Waals surface area contributed by atoms with Crippen molar-refractivity contribution in [2.24, 2.45) is 5.92 Å². The molecule has 3 N–H and O–H groups in total. The van der Waals surface area contributed by atoms with Crippen LogP contribution in [0, 0.1) is 5.92 Å². The van der Waals surface area contributed by atoms with E-state index >= 15 is 0 Å². The van der Waals surface area contributed by atoms with E-state index in [4.69, 9.17) is 14.6 Å². The number of nitrogens with one attached hydrogen (secondary N) is 2. The number of carbonyl (C=O) groups excluding carboxylic acids is 1. The molecule has 9 nitrogen and oxygen atoms in total. The maximum absolute atomic E-state index is 12.4. The van der Waals surface area contributed by atoms with Gasteiger partial charge in [-0.25, -0.2) is 0 Å². The Morgan fingerprint density at radius 1 is 0.600 bits per heavy atom. The maximum Gasteiger partial charge on any atom is 0.306 e. The Morgan fingerprint density at radius 2 is 1.05 bits per heavy atom. The van der Waals surface area contributed by atoms with Crippen molar-refractivity contribution in [2.45, 2.75) is 220 Å². The number of ether oxygens (including phenoxy) is 1. The quantitative estimate of drug-likeness (QED) is 0.0259. The molecule has 0 bridgehead atoms. The van der Waals surface area contributed by atoms with E-state index in [9.17, 15) is 14.4 Å². The number of rotatable bonds is 39. The monoisotopic (exact) mass is 778 g/mol. The second-order valence-electron chi connectivity index (χ2n) is 15.9. The predicted octanol–water partition coefficient (Wildman–Crippen LogP) is 11.7. The van der Waals surface area contributed by atoms with Crippen LogP contribution in [-0.4, -0.2) is 61.8 Å². The van der Waals surface area contributed by atoms with Gasteiger partial charge < -0.3 is 25.4 Å². The minimum absolute atomic E-state index is 0.0139. The molecule has 0 fully saturated rings. The van der Waals surface area contributed by atoms with E-state index in [1.165, 1.54) is 122 Å². The highest BCUT2D eigenvalue weighted by atomic mass is 16.5. The number of carbonyl (C=O) groups is 2. The maximum atomic E-state index is 12.4. The number of nitrogens with zero attached hydrogens (tertiary/aromatic N) is 1. The molecular formula is C46H87N3O6. The second-order valence-corrected chi connectivity index (χ2v) is 15.9. The lowest BCUT2D eigenvalue weighted by molar-refractivity contribution is -0.150. The van der Waals surface area contributed by atoms with Gasteiger partial charge in [0.25, 0.3) is 17.3 Å². The van der Waals surface area contributed by atoms with Gasteiger partial charge in [-0.3, -0.25) is 19.2 Å². The van der Waals surface area contributed by atoms with E-state index in [0.29, 0.717) is 24.3 Å². The van der Waals surface area contributed by atoms with E-state index in [1.54, 1.807) is 7.05 Å². The van der Waals surface area contributed by atoms with Crippen molar-refractivity contribution in [1.29, 1.82) is 0 Å². The van der Waals surface area contributed by atoms with Gasteiger partial charge in [-0.15, -0.1) is 0 Å². The summed E-state index contributed by atoms with van der Waals surface area (Å²) in [7, 11) is 1.69. The zero-order valence-electron chi connectivity index (χ0n) is 36.5. The van der Waals surface area contributed by atoms with Crippen LogP contribution >= 0.6 is 0 Å². The SMILES string of the molecule is CCCCCCCC(CCCCCC)CCCCCCCN(CCCCCCCC(=O)OC(CCC)CCCC)CCCNc1c(NC)c(=O)c1=O.O=CO. The number of hydrogen-bond donors (Lipinski definition) is 3. The van der Waals surface area contributed by atoms with Crippen molar-refractivity contribution in [3.8, 4) is 0 Å². The molecule has 0 saturated carbocycles. The molecule has 1 aromatic carbocycles. The highest BCUT2D eigenvalue weighted by molar-refractivity contribution is 5.73. The molecule has 9 heteroatoms. The van der Waals surface area contributed by atoms with Gasteiger partial charge in [-0.05, 0) is 64.1 Å². The summed E-state index contributed by atoms with van der Waals surface area (Å²) in [4.78, 5) is 47.0. The van der Waals surface area contributed by atoms with Crippen LogP contribution in [0.4, 0.5) is 11.4 Å². The fourth-order valence-electron chi connectivity index (χ4n) is 7.67. The van der Waals surface area contributed by atoms with Crippen LogP contribution in [0.3, 0.4) is 0 Å². The van der Waals surface area contributed by atoms with Crippen LogP contribution in [0.25, 0.3) is 0 Å². The van der Waals surface area contributed by atoms with Gasteiger partial charge in [0.1, 0.15) is 17.5 Å². The molecule has 0 aromatic heterocycles. The zero-order valence-corrected chi connectivity index (χ0v) is 36.5. The first-order chi connectivity index (χ1) is 26.8. The Hall–Kier alpha value is -2.42. The molecule has 0 saturated heterocycles. The van der Waals surface area contributed by atoms with Crippen LogP contribution in [0.2, 0.25) is 0 Å². The fourth-order valence-corrected chi connectivity index (χ4v) is 7.67. The van der Waals surface area contributed by atoms with Gasteiger partial charge >= 0.3 is 5.97 Å². The average Bonchev–Trinajstić information content (AvgIpc) is 3.18. The molecule has 2 atom stereocenters. The summed E-state index contributed by atoms with van der Waals surface area (Å²) >= 11 is 0. The first-order valence-corrected chi connectivity index (χ1v) is 23.1. The third-order valence-corrected chi connectivity index (χ3v) is 11.0. The first kappa shape index (κ1) is 52.6. The lowest BCUT2D eigenvalue weighted by Crippen LogP contribution is -2.37. The summed E-state index contributed by atoms with van der Waals surface area (Å²) in [6.07, 6.45) is 35.9. The molecule has 0 aliphatic rings. The van der Waals surface area contributed by atoms with Gasteiger partial charge in [0.05, 0.1) is 0 Å². The molecule has 1 rings (SSSR count). The second kappa shape index (κ2) is 38.5. The summed E-state index contributed by atoms with van der Waals surface area (Å²) in [5.41, 5.74) is 0.0502. The minimum Gasteiger partial charge on any atom is -0.483 e. The van der Waals surface area contributed by atoms with Crippen molar-refractivity contribution in [1.82, 2.24) is 4.90 Å². The van der Waals surface area contributed by atoms with Crippen LogP contribution in [0.15, 0.2) is 9.59 Å². The normalized spacial score (nSPS) is 12.3. The van der Waals surface area contributed by atoms with Crippen LogP contribution in [0.5, 0.6) is 0 Å². The molecule has 322 valence electrons. The predicted molar refractivity (Wildman–Crippen MR) is 234 cm³/mol. The molecule has 0 amide bonds. The van der Waals surface area contributed by atoms with Crippen molar-refractivity contribution < 1.29 is 19.4 Å². The van der Waals surface area contributed by atoms with Gasteiger partial charge in [0.2, 0.25) is 0 Å². The number of hydrogen-bond acceptors (Lipinski definition) is 8. The lowest BCUT2D eigenvalue weighted by atomic mass is 9.89. The Bertz CT molecular complexity index is 1090. The summed E-state index contributed by atoms with van der Waals surface area (Å²) in [6.45, 7) is 12.6. The highest BCUT2D eigenvalue weighted by Gasteiger charge is 2.19. The van der Waals surface area contributed by atoms with Gasteiger partial charge in [-0.1, -0.05) is 169 Å². The molecule has 0 heterocycles. The van der Waals surface area contributed by atoms with E-state index in [-0.39, 0.29) is 18.5 Å². The molecule has 0 aliphatic heterocycles. The van der Waals surface area contributed by atoms with Crippen LogP contribution < -0.4 is 21.5 Å². The van der Waals surface area contributed by atoms with Gasteiger partial charge in [0, 0.05) is 20.0 Å². The fraction of sp³-hybridized carbons (Fsp3) is 0.870. The van der Waals surface area contributed by atoms with Gasteiger partial charge in [0.15, 0.2) is 0 Å². The standard InChI is InChI=1S/C45H85N3O4.CH2O2/c1-6-10-13-17-23-31-39(30-22-14-11-7-2)32-24-18-15-20-26-36-48(38-28-35-47-43-42(46-5)44(50)45(43)51)37-27-21-16-19-25-34-41(49)52-40(29-9-4)33-12-8-3;2-1-3/h39-40,46-47H,6-38H2,1-5H3;1H,(H,2,3). The minimum atomic E-state index is -0.416. The van der Waals surface area contributed by atoms with Crippen molar-refractivity contribution >= 4 is 23.8 Å². The molecule has 2 unspecified atom stereocenters. The lowest BCUT2D eigenvalue weighted by Gasteiger charge is -2.23. The third kappa shape index (κ3) is 28.6. The molecule has 1 aromatic rings. The van der Waals surface area contributed by atoms with Gasteiger partial charge in [-0.2, -0.15) is 0 Å². The largest absolute Gasteiger partial charge is 0.483 e. The molecule has 0 aliphatic carbocycles. The van der Waals surface area contributed by atoms with E-state index in [0.717, 1.165) is 83.3 Å². The van der Waals surface area contributed by atoms with E-state index in [2.05, 4.69) is 43.2 Å². The molecular weight excluding hydrogens is 691 g/mol. The average molecular weight is 778 g/mol. The summed E-state index contributed by atoms with van der Waals surface area (Å²) in [5.74, 6) is 0.929. The third-order valence-electron chi connectivity index (χ3n) is 11.0. The highest BCUT2D eigenvalue weighted by Crippen LogP contribution is 2.24. The Labute approximate surface area is 337 Å². The Morgan fingerprint density at radius 3 is 1.58 bits per heavy atom. The Balaban J connectivity index is 0.00000938. The molecule has 0 radical (unpaired) electrons. The Kier molecular flexibility index (Phi) is 36.8. The summed E-state index contributed by atoms with van der Waals surface area (Å²) in [6, 6.07) is 0. The van der Waals surface area contributed by atoms with E-state index in [1.807, 2.05) is 0 Å². The molecule has 55 heavy (non-hydrogen) atoms. The smallest absolute Gasteiger partial charge is 0.306 e. The number of esters is 1. The zero-order chi connectivity index (χ0) is 40.8. The first-order valence-electron chi connectivity index (χ1n) is 23.1. The molecule has 0 spiro atoms. The topological polar surface area (TPSA) is 125 Å². The van der Waals surface area contributed by atoms with Crippen molar-refractivity contribution in [2.75, 3.05) is 43.9 Å². The number of carboxylic acid groups (broad SMARTS) is 1. The van der Waals surface area contributed by atoms with E-state index < -0.39 is 10.9 Å². The number of unbranched alkanes of at least 4 members (excludes halogenated alkanes) is 16. The van der Waals surface area contributed by atoms with Crippen LogP contribution in [0.1, 0.15) is 214 Å². The van der Waals surface area contributed by atoms with Crippen LogP contribution in [-0.2, 0) is 14.3 Å².